The molecule has 0 saturated heterocycles. The number of terminal acetylenes is 1. The van der Waals surface area contributed by atoms with Crippen molar-refractivity contribution in [1.82, 2.24) is 0 Å². The van der Waals surface area contributed by atoms with Crippen molar-refractivity contribution < 1.29 is 4.74 Å². The minimum Gasteiger partial charge on any atom is -0.497 e. The maximum atomic E-state index is 8.95. The van der Waals surface area contributed by atoms with Gasteiger partial charge in [0.2, 0.25) is 0 Å². The van der Waals surface area contributed by atoms with Crippen molar-refractivity contribution in [1.29, 1.82) is 5.26 Å². The first kappa shape index (κ1) is 11.9. The average Bonchev–Trinajstić information content (AvgIpc) is 2.29. The fourth-order valence-electron chi connectivity index (χ4n) is 1.36. The summed E-state index contributed by atoms with van der Waals surface area (Å²) in [6.45, 7) is 1.97. The van der Waals surface area contributed by atoms with Crippen molar-refractivity contribution in [2.45, 2.75) is 19.4 Å². The average molecular weight is 214 g/mol. The molecular weight excluding hydrogens is 200 g/mol. The summed E-state index contributed by atoms with van der Waals surface area (Å²) in [5, 5.41) is 12.1. The fraction of sp³-hybridized carbons (Fsp3) is 0.308. The van der Waals surface area contributed by atoms with E-state index in [1.54, 1.807) is 25.3 Å². The molecule has 82 valence electrons. The van der Waals surface area contributed by atoms with Gasteiger partial charge in [0.15, 0.2) is 0 Å². The Balaban J connectivity index is 2.93. The zero-order valence-electron chi connectivity index (χ0n) is 9.45. The second-order valence-electron chi connectivity index (χ2n) is 3.48. The number of nitrogens with zero attached hydrogens (tertiary/aromatic N) is 1. The number of ether oxygens (including phenoxy) is 1. The van der Waals surface area contributed by atoms with Gasteiger partial charge in [0, 0.05) is 18.5 Å². The van der Waals surface area contributed by atoms with Crippen molar-refractivity contribution >= 4 is 5.69 Å². The second kappa shape index (κ2) is 5.68. The molecule has 0 radical (unpaired) electrons. The SMILES string of the molecule is C#CCC(C)Nc1cc(OC)ccc1C#N. The number of rotatable bonds is 4. The Morgan fingerprint density at radius 3 is 2.88 bits per heavy atom. The molecule has 0 aliphatic rings. The van der Waals surface area contributed by atoms with E-state index in [1.165, 1.54) is 0 Å². The summed E-state index contributed by atoms with van der Waals surface area (Å²) < 4.78 is 5.11. The molecule has 1 atom stereocenters. The fourth-order valence-corrected chi connectivity index (χ4v) is 1.36. The molecule has 1 unspecified atom stereocenters. The van der Waals surface area contributed by atoms with E-state index < -0.39 is 0 Å². The zero-order chi connectivity index (χ0) is 12.0. The standard InChI is InChI=1S/C13H14N2O/c1-4-5-10(2)15-13-8-12(16-3)7-6-11(13)9-14/h1,6-8,10,15H,5H2,2-3H3. The van der Waals surface area contributed by atoms with Gasteiger partial charge in [-0.3, -0.25) is 0 Å². The Labute approximate surface area is 96.0 Å². The predicted molar refractivity (Wildman–Crippen MR) is 64.2 cm³/mol. The van der Waals surface area contributed by atoms with Crippen LogP contribution in [-0.2, 0) is 0 Å². The first-order valence-electron chi connectivity index (χ1n) is 4.99. The Hall–Kier alpha value is -2.13. The molecule has 0 aromatic heterocycles. The molecule has 3 nitrogen and oxygen atoms in total. The van der Waals surface area contributed by atoms with Crippen molar-refractivity contribution in [3.8, 4) is 24.2 Å². The highest BCUT2D eigenvalue weighted by Crippen LogP contribution is 2.22. The topological polar surface area (TPSA) is 45.0 Å². The van der Waals surface area contributed by atoms with Crippen LogP contribution in [0.1, 0.15) is 18.9 Å². The molecule has 1 N–H and O–H groups in total. The van der Waals surface area contributed by atoms with Crippen LogP contribution in [-0.4, -0.2) is 13.2 Å². The molecule has 0 heterocycles. The Kier molecular flexibility index (Phi) is 4.24. The summed E-state index contributed by atoms with van der Waals surface area (Å²) in [4.78, 5) is 0. The third kappa shape index (κ3) is 2.93. The lowest BCUT2D eigenvalue weighted by Gasteiger charge is -2.14. The minimum atomic E-state index is 0.129. The molecule has 1 aromatic carbocycles. The van der Waals surface area contributed by atoms with Crippen LogP contribution in [0.4, 0.5) is 5.69 Å². The number of nitriles is 1. The first-order valence-corrected chi connectivity index (χ1v) is 4.99. The van der Waals surface area contributed by atoms with Gasteiger partial charge >= 0.3 is 0 Å². The molecule has 0 spiro atoms. The highest BCUT2D eigenvalue weighted by molar-refractivity contribution is 5.60. The van der Waals surface area contributed by atoms with Gasteiger partial charge in [-0.2, -0.15) is 5.26 Å². The lowest BCUT2D eigenvalue weighted by Crippen LogP contribution is -2.14. The summed E-state index contributed by atoms with van der Waals surface area (Å²) in [6.07, 6.45) is 5.84. The summed E-state index contributed by atoms with van der Waals surface area (Å²) >= 11 is 0. The Bertz CT molecular complexity index is 440. The molecule has 0 bridgehead atoms. The van der Waals surface area contributed by atoms with E-state index in [9.17, 15) is 0 Å². The maximum Gasteiger partial charge on any atom is 0.121 e. The lowest BCUT2D eigenvalue weighted by molar-refractivity contribution is 0.415. The molecule has 1 aromatic rings. The monoisotopic (exact) mass is 214 g/mol. The number of nitrogens with one attached hydrogen (secondary N) is 1. The van der Waals surface area contributed by atoms with E-state index in [0.717, 1.165) is 11.4 Å². The van der Waals surface area contributed by atoms with Crippen LogP contribution in [0, 0.1) is 23.7 Å². The van der Waals surface area contributed by atoms with E-state index in [0.29, 0.717) is 12.0 Å². The molecule has 0 fully saturated rings. The van der Waals surface area contributed by atoms with Gasteiger partial charge in [0.05, 0.1) is 18.4 Å². The van der Waals surface area contributed by atoms with E-state index >= 15 is 0 Å². The van der Waals surface area contributed by atoms with Gasteiger partial charge in [-0.15, -0.1) is 12.3 Å². The largest absolute Gasteiger partial charge is 0.497 e. The molecule has 3 heteroatoms. The highest BCUT2D eigenvalue weighted by atomic mass is 16.5. The van der Waals surface area contributed by atoms with Crippen LogP contribution in [0.5, 0.6) is 5.75 Å². The molecular formula is C13H14N2O. The van der Waals surface area contributed by atoms with Gasteiger partial charge in [-0.25, -0.2) is 0 Å². The van der Waals surface area contributed by atoms with Crippen LogP contribution in [0.15, 0.2) is 18.2 Å². The van der Waals surface area contributed by atoms with Gasteiger partial charge < -0.3 is 10.1 Å². The number of benzene rings is 1. The third-order valence-electron chi connectivity index (χ3n) is 2.17. The molecule has 1 rings (SSSR count). The van der Waals surface area contributed by atoms with Crippen LogP contribution < -0.4 is 10.1 Å². The van der Waals surface area contributed by atoms with Crippen LogP contribution in [0.3, 0.4) is 0 Å². The third-order valence-corrected chi connectivity index (χ3v) is 2.17. The molecule has 0 amide bonds. The number of hydrogen-bond donors (Lipinski definition) is 1. The lowest BCUT2D eigenvalue weighted by atomic mass is 10.1. The number of hydrogen-bond acceptors (Lipinski definition) is 3. The Morgan fingerprint density at radius 2 is 2.31 bits per heavy atom. The smallest absolute Gasteiger partial charge is 0.121 e. The van der Waals surface area contributed by atoms with Gasteiger partial charge in [-0.1, -0.05) is 0 Å². The van der Waals surface area contributed by atoms with Gasteiger partial charge in [0.1, 0.15) is 11.8 Å². The quantitative estimate of drug-likeness (QED) is 0.783. The zero-order valence-corrected chi connectivity index (χ0v) is 9.45. The van der Waals surface area contributed by atoms with Crippen molar-refractivity contribution in [3.63, 3.8) is 0 Å². The van der Waals surface area contributed by atoms with Gasteiger partial charge in [0.25, 0.3) is 0 Å². The summed E-state index contributed by atoms with van der Waals surface area (Å²) in [5.41, 5.74) is 1.34. The molecule has 0 saturated carbocycles. The number of methoxy groups -OCH3 is 1. The number of anilines is 1. The maximum absolute atomic E-state index is 8.95. The van der Waals surface area contributed by atoms with E-state index in [4.69, 9.17) is 16.4 Å². The Morgan fingerprint density at radius 1 is 1.56 bits per heavy atom. The minimum absolute atomic E-state index is 0.129. The summed E-state index contributed by atoms with van der Waals surface area (Å²) in [7, 11) is 1.59. The normalized spacial score (nSPS) is 11.0. The second-order valence-corrected chi connectivity index (χ2v) is 3.48. The summed E-state index contributed by atoms with van der Waals surface area (Å²) in [6, 6.07) is 7.54. The van der Waals surface area contributed by atoms with Crippen molar-refractivity contribution in [2.75, 3.05) is 12.4 Å². The highest BCUT2D eigenvalue weighted by Gasteiger charge is 2.06. The van der Waals surface area contributed by atoms with Crippen LogP contribution in [0.25, 0.3) is 0 Å². The van der Waals surface area contributed by atoms with E-state index in [1.807, 2.05) is 6.92 Å². The van der Waals surface area contributed by atoms with Gasteiger partial charge in [-0.05, 0) is 19.1 Å². The molecule has 0 aliphatic carbocycles. The predicted octanol–water partition coefficient (Wildman–Crippen LogP) is 2.39. The van der Waals surface area contributed by atoms with E-state index in [2.05, 4.69) is 17.3 Å². The van der Waals surface area contributed by atoms with Crippen molar-refractivity contribution in [2.24, 2.45) is 0 Å². The van der Waals surface area contributed by atoms with Crippen LogP contribution >= 0.6 is 0 Å². The van der Waals surface area contributed by atoms with Crippen LogP contribution in [0.2, 0.25) is 0 Å². The van der Waals surface area contributed by atoms with Crippen molar-refractivity contribution in [3.05, 3.63) is 23.8 Å². The molecule has 16 heavy (non-hydrogen) atoms. The first-order chi connectivity index (χ1) is 7.71. The summed E-state index contributed by atoms with van der Waals surface area (Å²) in [5.74, 6) is 3.29. The molecule has 0 aliphatic heterocycles. The van der Waals surface area contributed by atoms with E-state index in [-0.39, 0.29) is 6.04 Å².